The second kappa shape index (κ2) is 6.71. The van der Waals surface area contributed by atoms with Crippen molar-refractivity contribution in [2.45, 2.75) is 13.2 Å². The molecule has 0 aliphatic carbocycles. The van der Waals surface area contributed by atoms with Crippen LogP contribution in [-0.2, 0) is 13.2 Å². The van der Waals surface area contributed by atoms with Crippen LogP contribution in [-0.4, -0.2) is 16.1 Å². The standard InChI is InChI=1S/C15H15FN2O3/c16-12-5-4-11(14(7-12)15(17)18-20)9-21-13-3-1-2-10(6-13)8-19/h1-7,19-20H,8-9H2,(H2,17,18). The van der Waals surface area contributed by atoms with Crippen molar-refractivity contribution in [1.82, 2.24) is 0 Å². The molecule has 2 aromatic rings. The quantitative estimate of drug-likeness (QED) is 0.340. The highest BCUT2D eigenvalue weighted by Crippen LogP contribution is 2.17. The number of aliphatic hydroxyl groups is 1. The van der Waals surface area contributed by atoms with Gasteiger partial charge in [-0.3, -0.25) is 0 Å². The summed E-state index contributed by atoms with van der Waals surface area (Å²) >= 11 is 0. The number of ether oxygens (including phenoxy) is 1. The topological polar surface area (TPSA) is 88.1 Å². The Morgan fingerprint density at radius 2 is 2.05 bits per heavy atom. The zero-order valence-corrected chi connectivity index (χ0v) is 11.2. The average molecular weight is 290 g/mol. The molecule has 0 spiro atoms. The van der Waals surface area contributed by atoms with Crippen LogP contribution in [0.1, 0.15) is 16.7 Å². The van der Waals surface area contributed by atoms with Gasteiger partial charge < -0.3 is 20.8 Å². The van der Waals surface area contributed by atoms with E-state index in [-0.39, 0.29) is 24.6 Å². The lowest BCUT2D eigenvalue weighted by Gasteiger charge is -2.11. The zero-order chi connectivity index (χ0) is 15.2. The van der Waals surface area contributed by atoms with Crippen LogP contribution in [0.4, 0.5) is 4.39 Å². The normalized spacial score (nSPS) is 11.4. The minimum absolute atomic E-state index is 0.0802. The number of nitrogens with two attached hydrogens (primary N) is 1. The largest absolute Gasteiger partial charge is 0.489 e. The summed E-state index contributed by atoms with van der Waals surface area (Å²) in [7, 11) is 0. The Bertz CT molecular complexity index is 659. The number of rotatable bonds is 5. The Labute approximate surface area is 121 Å². The minimum Gasteiger partial charge on any atom is -0.489 e. The van der Waals surface area contributed by atoms with Crippen LogP contribution in [0.25, 0.3) is 0 Å². The van der Waals surface area contributed by atoms with Crippen LogP contribution >= 0.6 is 0 Å². The summed E-state index contributed by atoms with van der Waals surface area (Å²) in [6.45, 7) is 0.0455. The molecule has 0 amide bonds. The Balaban J connectivity index is 2.19. The first kappa shape index (κ1) is 14.8. The van der Waals surface area contributed by atoms with Crippen molar-refractivity contribution >= 4 is 5.84 Å². The molecule has 0 radical (unpaired) electrons. The summed E-state index contributed by atoms with van der Waals surface area (Å²) in [6.07, 6.45) is 0. The minimum atomic E-state index is -0.484. The molecule has 0 aliphatic rings. The van der Waals surface area contributed by atoms with Gasteiger partial charge in [0.25, 0.3) is 0 Å². The van der Waals surface area contributed by atoms with Gasteiger partial charge in [-0.15, -0.1) is 0 Å². The average Bonchev–Trinajstić information content (AvgIpc) is 2.53. The SMILES string of the molecule is NC(=NO)c1cc(F)ccc1COc1cccc(CO)c1. The van der Waals surface area contributed by atoms with Gasteiger partial charge in [-0.25, -0.2) is 4.39 Å². The van der Waals surface area contributed by atoms with E-state index >= 15 is 0 Å². The molecule has 0 saturated carbocycles. The summed E-state index contributed by atoms with van der Waals surface area (Å²) in [6, 6.07) is 10.9. The van der Waals surface area contributed by atoms with Crippen molar-refractivity contribution in [3.8, 4) is 5.75 Å². The zero-order valence-electron chi connectivity index (χ0n) is 11.2. The fraction of sp³-hybridized carbons (Fsp3) is 0.133. The highest BCUT2D eigenvalue weighted by molar-refractivity contribution is 5.98. The van der Waals surface area contributed by atoms with Crippen molar-refractivity contribution in [3.63, 3.8) is 0 Å². The van der Waals surface area contributed by atoms with Crippen molar-refractivity contribution in [2.75, 3.05) is 0 Å². The molecular weight excluding hydrogens is 275 g/mol. The summed E-state index contributed by atoms with van der Waals surface area (Å²) in [5.74, 6) is -0.101. The third kappa shape index (κ3) is 3.70. The molecule has 21 heavy (non-hydrogen) atoms. The van der Waals surface area contributed by atoms with E-state index in [1.54, 1.807) is 24.3 Å². The van der Waals surface area contributed by atoms with Crippen LogP contribution in [0.15, 0.2) is 47.6 Å². The molecule has 0 saturated heterocycles. The molecule has 4 N–H and O–H groups in total. The van der Waals surface area contributed by atoms with Crippen LogP contribution in [0.5, 0.6) is 5.75 Å². The van der Waals surface area contributed by atoms with Gasteiger partial charge in [-0.1, -0.05) is 23.4 Å². The van der Waals surface area contributed by atoms with Gasteiger partial charge in [0, 0.05) is 11.1 Å². The lowest BCUT2D eigenvalue weighted by molar-refractivity contribution is 0.278. The maximum Gasteiger partial charge on any atom is 0.170 e. The summed E-state index contributed by atoms with van der Waals surface area (Å²) in [4.78, 5) is 0. The van der Waals surface area contributed by atoms with E-state index in [4.69, 9.17) is 20.8 Å². The van der Waals surface area contributed by atoms with Gasteiger partial charge in [0.15, 0.2) is 5.84 Å². The number of hydrogen-bond acceptors (Lipinski definition) is 4. The van der Waals surface area contributed by atoms with Gasteiger partial charge in [0.2, 0.25) is 0 Å². The van der Waals surface area contributed by atoms with Crippen molar-refractivity contribution in [3.05, 3.63) is 65.0 Å². The van der Waals surface area contributed by atoms with E-state index in [9.17, 15) is 4.39 Å². The molecule has 0 atom stereocenters. The van der Waals surface area contributed by atoms with Crippen molar-refractivity contribution < 1.29 is 19.4 Å². The molecule has 5 nitrogen and oxygen atoms in total. The Hall–Kier alpha value is -2.60. The molecule has 0 fully saturated rings. The van der Waals surface area contributed by atoms with Gasteiger partial charge in [0.1, 0.15) is 18.2 Å². The fourth-order valence-electron chi connectivity index (χ4n) is 1.86. The van der Waals surface area contributed by atoms with Crippen LogP contribution < -0.4 is 10.5 Å². The monoisotopic (exact) mass is 290 g/mol. The van der Waals surface area contributed by atoms with Crippen LogP contribution in [0.2, 0.25) is 0 Å². The second-order valence-electron chi connectivity index (χ2n) is 4.38. The first-order chi connectivity index (χ1) is 10.1. The van der Waals surface area contributed by atoms with E-state index in [2.05, 4.69) is 5.16 Å². The van der Waals surface area contributed by atoms with Gasteiger partial charge in [-0.05, 0) is 29.8 Å². The van der Waals surface area contributed by atoms with Gasteiger partial charge in [-0.2, -0.15) is 0 Å². The van der Waals surface area contributed by atoms with Crippen molar-refractivity contribution in [2.24, 2.45) is 10.9 Å². The summed E-state index contributed by atoms with van der Waals surface area (Å²) in [5, 5.41) is 20.7. The first-order valence-corrected chi connectivity index (χ1v) is 6.23. The summed E-state index contributed by atoms with van der Waals surface area (Å²) in [5.41, 5.74) is 7.11. The molecule has 6 heteroatoms. The van der Waals surface area contributed by atoms with Crippen LogP contribution in [0, 0.1) is 5.82 Å². The maximum absolute atomic E-state index is 13.2. The first-order valence-electron chi connectivity index (χ1n) is 6.23. The van der Waals surface area contributed by atoms with E-state index < -0.39 is 5.82 Å². The smallest absolute Gasteiger partial charge is 0.170 e. The van der Waals surface area contributed by atoms with E-state index in [1.807, 2.05) is 0 Å². The van der Waals surface area contributed by atoms with Crippen molar-refractivity contribution in [1.29, 1.82) is 0 Å². The van der Waals surface area contributed by atoms with Crippen LogP contribution in [0.3, 0.4) is 0 Å². The molecule has 0 aromatic heterocycles. The number of benzene rings is 2. The van der Waals surface area contributed by atoms with Gasteiger partial charge in [0.05, 0.1) is 6.61 Å². The maximum atomic E-state index is 13.2. The molecule has 2 rings (SSSR count). The molecule has 110 valence electrons. The van der Waals surface area contributed by atoms with E-state index in [0.29, 0.717) is 11.3 Å². The van der Waals surface area contributed by atoms with Gasteiger partial charge >= 0.3 is 0 Å². The molecule has 0 bridgehead atoms. The summed E-state index contributed by atoms with van der Waals surface area (Å²) < 4.78 is 18.8. The highest BCUT2D eigenvalue weighted by atomic mass is 19.1. The number of nitrogens with zero attached hydrogens (tertiary/aromatic N) is 1. The highest BCUT2D eigenvalue weighted by Gasteiger charge is 2.09. The second-order valence-corrected chi connectivity index (χ2v) is 4.38. The molecule has 0 heterocycles. The lowest BCUT2D eigenvalue weighted by Crippen LogP contribution is -2.17. The number of halogens is 1. The number of amidine groups is 1. The Kier molecular flexibility index (Phi) is 4.73. The number of hydrogen-bond donors (Lipinski definition) is 3. The molecular formula is C15H15FN2O3. The fourth-order valence-corrected chi connectivity index (χ4v) is 1.86. The predicted molar refractivity (Wildman–Crippen MR) is 75.6 cm³/mol. The third-order valence-corrected chi connectivity index (χ3v) is 2.93. The van der Waals surface area contributed by atoms with E-state index in [1.165, 1.54) is 18.2 Å². The number of oxime groups is 1. The molecule has 0 unspecified atom stereocenters. The number of aliphatic hydroxyl groups excluding tert-OH is 1. The lowest BCUT2D eigenvalue weighted by atomic mass is 10.1. The molecule has 0 aliphatic heterocycles. The Morgan fingerprint density at radius 1 is 1.24 bits per heavy atom. The molecule has 2 aromatic carbocycles. The predicted octanol–water partition coefficient (Wildman–Crippen LogP) is 1.99. The Morgan fingerprint density at radius 3 is 2.76 bits per heavy atom. The third-order valence-electron chi connectivity index (χ3n) is 2.93. The van der Waals surface area contributed by atoms with E-state index in [0.717, 1.165) is 5.56 Å².